The molecule has 0 aromatic heterocycles. The van der Waals surface area contributed by atoms with E-state index in [1.165, 1.54) is 0 Å². The zero-order chi connectivity index (χ0) is 11.1. The summed E-state index contributed by atoms with van der Waals surface area (Å²) in [5.41, 5.74) is 1.36. The minimum Gasteiger partial charge on any atom is -0.392 e. The number of aliphatic hydroxyl groups is 1. The molecule has 0 amide bonds. The van der Waals surface area contributed by atoms with Crippen LogP contribution in [-0.2, 0) is 6.61 Å². The molecule has 1 aromatic rings. The predicted octanol–water partition coefficient (Wildman–Crippen LogP) is 1.36. The van der Waals surface area contributed by atoms with Gasteiger partial charge in [0.05, 0.1) is 6.61 Å². The molecule has 0 aliphatic rings. The molecular weight excluding hydrogens is 190 g/mol. The Morgan fingerprint density at radius 2 is 2.13 bits per heavy atom. The SMILES string of the molecule is CNCCCC(=O)c1ccccc1CO. The number of carbonyl (C=O) groups excluding carboxylic acids is 1. The number of hydrogen-bond donors (Lipinski definition) is 2. The van der Waals surface area contributed by atoms with Crippen molar-refractivity contribution >= 4 is 5.78 Å². The number of aliphatic hydroxyl groups excluding tert-OH is 1. The van der Waals surface area contributed by atoms with Crippen LogP contribution in [-0.4, -0.2) is 24.5 Å². The molecule has 0 fully saturated rings. The third-order valence-corrected chi connectivity index (χ3v) is 2.32. The molecule has 0 saturated carbocycles. The van der Waals surface area contributed by atoms with E-state index in [0.717, 1.165) is 13.0 Å². The van der Waals surface area contributed by atoms with Crippen molar-refractivity contribution in [3.8, 4) is 0 Å². The van der Waals surface area contributed by atoms with E-state index in [4.69, 9.17) is 5.11 Å². The Bertz CT molecular complexity index is 323. The Morgan fingerprint density at radius 1 is 1.40 bits per heavy atom. The maximum atomic E-state index is 11.8. The van der Waals surface area contributed by atoms with E-state index in [1.54, 1.807) is 12.1 Å². The highest BCUT2D eigenvalue weighted by atomic mass is 16.3. The van der Waals surface area contributed by atoms with Gasteiger partial charge in [-0.05, 0) is 25.6 Å². The maximum Gasteiger partial charge on any atom is 0.163 e. The van der Waals surface area contributed by atoms with E-state index in [0.29, 0.717) is 17.5 Å². The fourth-order valence-electron chi connectivity index (χ4n) is 1.49. The maximum absolute atomic E-state index is 11.8. The molecular formula is C12H17NO2. The number of Topliss-reactive ketones (excluding diaryl/α,β-unsaturated/α-hetero) is 1. The lowest BCUT2D eigenvalue weighted by atomic mass is 10.0. The molecule has 0 bridgehead atoms. The molecule has 0 aliphatic heterocycles. The second kappa shape index (κ2) is 6.32. The lowest BCUT2D eigenvalue weighted by molar-refractivity contribution is 0.0977. The first-order chi connectivity index (χ1) is 7.29. The number of nitrogens with one attached hydrogen (secondary N) is 1. The molecule has 1 aromatic carbocycles. The van der Waals surface area contributed by atoms with Crippen molar-refractivity contribution in [2.24, 2.45) is 0 Å². The first kappa shape index (κ1) is 11.9. The summed E-state index contributed by atoms with van der Waals surface area (Å²) in [6, 6.07) is 7.21. The van der Waals surface area contributed by atoms with Gasteiger partial charge in [-0.15, -0.1) is 0 Å². The number of rotatable bonds is 6. The van der Waals surface area contributed by atoms with Gasteiger partial charge in [0.25, 0.3) is 0 Å². The van der Waals surface area contributed by atoms with E-state index >= 15 is 0 Å². The highest BCUT2D eigenvalue weighted by Crippen LogP contribution is 2.11. The number of ketones is 1. The Kier molecular flexibility index (Phi) is 5.01. The van der Waals surface area contributed by atoms with E-state index in [2.05, 4.69) is 5.32 Å². The molecule has 1 rings (SSSR count). The van der Waals surface area contributed by atoms with E-state index in [1.807, 2.05) is 19.2 Å². The third kappa shape index (κ3) is 3.46. The molecule has 3 nitrogen and oxygen atoms in total. The van der Waals surface area contributed by atoms with E-state index in [9.17, 15) is 4.79 Å². The van der Waals surface area contributed by atoms with Crippen molar-refractivity contribution in [3.63, 3.8) is 0 Å². The van der Waals surface area contributed by atoms with Crippen LogP contribution in [0.25, 0.3) is 0 Å². The number of hydrogen-bond acceptors (Lipinski definition) is 3. The molecule has 0 aliphatic carbocycles. The van der Waals surface area contributed by atoms with Gasteiger partial charge in [0.1, 0.15) is 0 Å². The van der Waals surface area contributed by atoms with Gasteiger partial charge in [-0.2, -0.15) is 0 Å². The van der Waals surface area contributed by atoms with Gasteiger partial charge >= 0.3 is 0 Å². The fraction of sp³-hybridized carbons (Fsp3) is 0.417. The normalized spacial score (nSPS) is 10.3. The second-order valence-corrected chi connectivity index (χ2v) is 3.45. The number of benzene rings is 1. The first-order valence-corrected chi connectivity index (χ1v) is 5.16. The summed E-state index contributed by atoms with van der Waals surface area (Å²) in [5, 5.41) is 12.1. The molecule has 82 valence electrons. The lowest BCUT2D eigenvalue weighted by Crippen LogP contribution is -2.11. The van der Waals surface area contributed by atoms with Gasteiger partial charge < -0.3 is 10.4 Å². The van der Waals surface area contributed by atoms with Crippen molar-refractivity contribution in [3.05, 3.63) is 35.4 Å². The zero-order valence-electron chi connectivity index (χ0n) is 8.99. The zero-order valence-corrected chi connectivity index (χ0v) is 8.99. The average molecular weight is 207 g/mol. The Hall–Kier alpha value is -1.19. The third-order valence-electron chi connectivity index (χ3n) is 2.32. The topological polar surface area (TPSA) is 49.3 Å². The van der Waals surface area contributed by atoms with Crippen molar-refractivity contribution in [2.75, 3.05) is 13.6 Å². The molecule has 0 atom stereocenters. The van der Waals surface area contributed by atoms with Crippen LogP contribution in [0.2, 0.25) is 0 Å². The smallest absolute Gasteiger partial charge is 0.163 e. The van der Waals surface area contributed by atoms with Crippen molar-refractivity contribution in [2.45, 2.75) is 19.4 Å². The van der Waals surface area contributed by atoms with Gasteiger partial charge in [-0.3, -0.25) is 4.79 Å². The monoisotopic (exact) mass is 207 g/mol. The minimum atomic E-state index is -0.0755. The molecule has 2 N–H and O–H groups in total. The standard InChI is InChI=1S/C12H17NO2/c1-13-8-4-7-12(15)11-6-3-2-5-10(11)9-14/h2-3,5-6,13-14H,4,7-9H2,1H3. The summed E-state index contributed by atoms with van der Waals surface area (Å²) in [6.07, 6.45) is 1.35. The average Bonchev–Trinajstić information content (AvgIpc) is 2.29. The van der Waals surface area contributed by atoms with Crippen LogP contribution in [0.5, 0.6) is 0 Å². The van der Waals surface area contributed by atoms with E-state index in [-0.39, 0.29) is 12.4 Å². The summed E-state index contributed by atoms with van der Waals surface area (Å²) in [7, 11) is 1.87. The van der Waals surface area contributed by atoms with Gasteiger partial charge in [0.2, 0.25) is 0 Å². The summed E-state index contributed by atoms with van der Waals surface area (Å²) in [6.45, 7) is 0.765. The van der Waals surface area contributed by atoms with Gasteiger partial charge in [0.15, 0.2) is 5.78 Å². The molecule has 0 heterocycles. The lowest BCUT2D eigenvalue weighted by Gasteiger charge is -2.05. The highest BCUT2D eigenvalue weighted by molar-refractivity contribution is 5.97. The van der Waals surface area contributed by atoms with Crippen LogP contribution in [0.15, 0.2) is 24.3 Å². The first-order valence-electron chi connectivity index (χ1n) is 5.16. The molecule has 0 spiro atoms. The van der Waals surface area contributed by atoms with Crippen LogP contribution in [0.1, 0.15) is 28.8 Å². The van der Waals surface area contributed by atoms with Crippen LogP contribution in [0.4, 0.5) is 0 Å². The van der Waals surface area contributed by atoms with Crippen LogP contribution >= 0.6 is 0 Å². The largest absolute Gasteiger partial charge is 0.392 e. The van der Waals surface area contributed by atoms with Crippen LogP contribution in [0, 0.1) is 0 Å². The van der Waals surface area contributed by atoms with Gasteiger partial charge in [-0.25, -0.2) is 0 Å². The van der Waals surface area contributed by atoms with Gasteiger partial charge in [-0.1, -0.05) is 24.3 Å². The van der Waals surface area contributed by atoms with E-state index < -0.39 is 0 Å². The predicted molar refractivity (Wildman–Crippen MR) is 59.9 cm³/mol. The Morgan fingerprint density at radius 3 is 2.80 bits per heavy atom. The molecule has 0 saturated heterocycles. The molecule has 0 radical (unpaired) electrons. The summed E-state index contributed by atoms with van der Waals surface area (Å²) in [5.74, 6) is 0.106. The highest BCUT2D eigenvalue weighted by Gasteiger charge is 2.09. The van der Waals surface area contributed by atoms with Crippen molar-refractivity contribution in [1.29, 1.82) is 0 Å². The molecule has 15 heavy (non-hydrogen) atoms. The molecule has 0 unspecified atom stereocenters. The van der Waals surface area contributed by atoms with Crippen molar-refractivity contribution < 1.29 is 9.90 Å². The quantitative estimate of drug-likeness (QED) is 0.547. The summed E-state index contributed by atoms with van der Waals surface area (Å²) < 4.78 is 0. The Balaban J connectivity index is 2.64. The summed E-state index contributed by atoms with van der Waals surface area (Å²) in [4.78, 5) is 11.8. The fourth-order valence-corrected chi connectivity index (χ4v) is 1.49. The summed E-state index contributed by atoms with van der Waals surface area (Å²) >= 11 is 0. The second-order valence-electron chi connectivity index (χ2n) is 3.45. The van der Waals surface area contributed by atoms with Crippen molar-refractivity contribution in [1.82, 2.24) is 5.32 Å². The van der Waals surface area contributed by atoms with Gasteiger partial charge in [0, 0.05) is 12.0 Å². The van der Waals surface area contributed by atoms with Crippen LogP contribution in [0.3, 0.4) is 0 Å². The minimum absolute atomic E-state index is 0.0755. The Labute approximate surface area is 90.1 Å². The molecule has 3 heteroatoms. The van der Waals surface area contributed by atoms with Crippen LogP contribution < -0.4 is 5.32 Å². The number of carbonyl (C=O) groups is 1.